The molecule has 0 saturated heterocycles. The van der Waals surface area contributed by atoms with E-state index in [-0.39, 0.29) is 11.6 Å². The van der Waals surface area contributed by atoms with E-state index in [9.17, 15) is 0 Å². The number of nitrogens with zero attached hydrogens (tertiary/aromatic N) is 2. The fourth-order valence-electron chi connectivity index (χ4n) is 1.52. The van der Waals surface area contributed by atoms with Crippen LogP contribution >= 0.6 is 0 Å². The predicted octanol–water partition coefficient (Wildman–Crippen LogP) is 2.55. The second kappa shape index (κ2) is 5.61. The number of anilines is 1. The van der Waals surface area contributed by atoms with Gasteiger partial charge in [0, 0.05) is 0 Å². The van der Waals surface area contributed by atoms with E-state index in [2.05, 4.69) is 5.10 Å². The zero-order chi connectivity index (χ0) is 13.9. The van der Waals surface area contributed by atoms with Crippen LogP contribution in [0.3, 0.4) is 0 Å². The van der Waals surface area contributed by atoms with Gasteiger partial charge in [-0.25, -0.2) is 4.68 Å². The number of nitrogen functional groups attached to an aromatic ring is 1. The quantitative estimate of drug-likeness (QED) is 0.821. The Morgan fingerprint density at radius 1 is 1.28 bits per heavy atom. The van der Waals surface area contributed by atoms with E-state index in [1.54, 1.807) is 0 Å². The molecule has 0 saturated carbocycles. The zero-order valence-electron chi connectivity index (χ0n) is 12.3. The predicted molar refractivity (Wildman–Crippen MR) is 73.0 cm³/mol. The lowest BCUT2D eigenvalue weighted by Crippen LogP contribution is -2.23. The molecular weight excluding hydrogens is 230 g/mol. The summed E-state index contributed by atoms with van der Waals surface area (Å²) >= 11 is 0. The Hall–Kier alpha value is -1.23. The molecule has 5 nitrogen and oxygen atoms in total. The van der Waals surface area contributed by atoms with Gasteiger partial charge in [-0.3, -0.25) is 0 Å². The standard InChI is InChI=1S/C13H25N3O2/c1-9(2)16-12(11(14)10(3)15-16)17-7-8-18-13(4,5)6/h9H,7-8,14H2,1-6H3. The first-order valence-corrected chi connectivity index (χ1v) is 6.33. The van der Waals surface area contributed by atoms with Crippen LogP contribution in [0.4, 0.5) is 5.69 Å². The Labute approximate surface area is 109 Å². The largest absolute Gasteiger partial charge is 0.474 e. The topological polar surface area (TPSA) is 62.3 Å². The fraction of sp³-hybridized carbons (Fsp3) is 0.769. The highest BCUT2D eigenvalue weighted by atomic mass is 16.5. The SMILES string of the molecule is Cc1nn(C(C)C)c(OCCOC(C)(C)C)c1N. The van der Waals surface area contributed by atoms with Crippen molar-refractivity contribution in [2.24, 2.45) is 0 Å². The van der Waals surface area contributed by atoms with Crippen LogP contribution in [0.15, 0.2) is 0 Å². The molecule has 1 heterocycles. The van der Waals surface area contributed by atoms with Crippen LogP contribution in [-0.4, -0.2) is 28.6 Å². The van der Waals surface area contributed by atoms with Crippen molar-refractivity contribution in [2.45, 2.75) is 53.2 Å². The maximum Gasteiger partial charge on any atom is 0.236 e. The number of hydrogen-bond donors (Lipinski definition) is 1. The molecule has 0 aliphatic rings. The van der Waals surface area contributed by atoms with Crippen molar-refractivity contribution in [2.75, 3.05) is 18.9 Å². The molecular formula is C13H25N3O2. The first-order valence-electron chi connectivity index (χ1n) is 6.33. The van der Waals surface area contributed by atoms with Crippen LogP contribution in [0.1, 0.15) is 46.4 Å². The van der Waals surface area contributed by atoms with E-state index in [0.29, 0.717) is 24.8 Å². The summed E-state index contributed by atoms with van der Waals surface area (Å²) in [4.78, 5) is 0. The molecule has 0 fully saturated rings. The summed E-state index contributed by atoms with van der Waals surface area (Å²) in [6, 6.07) is 0.222. The molecule has 0 aliphatic carbocycles. The lowest BCUT2D eigenvalue weighted by molar-refractivity contribution is -0.0173. The van der Waals surface area contributed by atoms with Crippen molar-refractivity contribution in [1.82, 2.24) is 9.78 Å². The normalized spacial score (nSPS) is 12.2. The van der Waals surface area contributed by atoms with E-state index < -0.39 is 0 Å². The number of nitrogens with two attached hydrogens (primary N) is 1. The third-order valence-corrected chi connectivity index (χ3v) is 2.43. The van der Waals surface area contributed by atoms with Gasteiger partial charge in [-0.2, -0.15) is 5.10 Å². The smallest absolute Gasteiger partial charge is 0.236 e. The highest BCUT2D eigenvalue weighted by Crippen LogP contribution is 2.27. The molecule has 1 rings (SSSR count). The molecule has 0 spiro atoms. The van der Waals surface area contributed by atoms with Gasteiger partial charge in [-0.1, -0.05) is 0 Å². The lowest BCUT2D eigenvalue weighted by atomic mass is 10.2. The first-order chi connectivity index (χ1) is 8.22. The summed E-state index contributed by atoms with van der Waals surface area (Å²) in [5.74, 6) is 0.639. The van der Waals surface area contributed by atoms with Gasteiger partial charge in [0.2, 0.25) is 5.88 Å². The molecule has 0 amide bonds. The molecule has 0 aromatic carbocycles. The molecule has 0 unspecified atom stereocenters. The molecule has 2 N–H and O–H groups in total. The minimum Gasteiger partial charge on any atom is -0.474 e. The second-order valence-corrected chi connectivity index (χ2v) is 5.65. The summed E-state index contributed by atoms with van der Waals surface area (Å²) in [6.45, 7) is 13.0. The van der Waals surface area contributed by atoms with Gasteiger partial charge in [0.1, 0.15) is 12.3 Å². The highest BCUT2D eigenvalue weighted by molar-refractivity contribution is 5.52. The average molecular weight is 255 g/mol. The van der Waals surface area contributed by atoms with E-state index >= 15 is 0 Å². The van der Waals surface area contributed by atoms with Crippen LogP contribution in [0.25, 0.3) is 0 Å². The molecule has 0 atom stereocenters. The van der Waals surface area contributed by atoms with E-state index in [4.69, 9.17) is 15.2 Å². The molecule has 5 heteroatoms. The second-order valence-electron chi connectivity index (χ2n) is 5.65. The summed E-state index contributed by atoms with van der Waals surface area (Å²) < 4.78 is 13.1. The van der Waals surface area contributed by atoms with Gasteiger partial charge in [0.15, 0.2) is 0 Å². The van der Waals surface area contributed by atoms with E-state index in [1.165, 1.54) is 0 Å². The van der Waals surface area contributed by atoms with E-state index in [0.717, 1.165) is 5.69 Å². The number of hydrogen-bond acceptors (Lipinski definition) is 4. The zero-order valence-corrected chi connectivity index (χ0v) is 12.3. The molecule has 18 heavy (non-hydrogen) atoms. The van der Waals surface area contributed by atoms with Crippen molar-refractivity contribution in [3.8, 4) is 5.88 Å². The molecule has 104 valence electrons. The molecule has 1 aromatic heterocycles. The highest BCUT2D eigenvalue weighted by Gasteiger charge is 2.16. The molecule has 0 aliphatic heterocycles. The third kappa shape index (κ3) is 3.91. The van der Waals surface area contributed by atoms with Crippen molar-refractivity contribution >= 4 is 5.69 Å². The first kappa shape index (κ1) is 14.8. The van der Waals surface area contributed by atoms with Gasteiger partial charge in [-0.05, 0) is 41.5 Å². The van der Waals surface area contributed by atoms with Gasteiger partial charge < -0.3 is 15.2 Å². The van der Waals surface area contributed by atoms with Crippen molar-refractivity contribution in [3.05, 3.63) is 5.69 Å². The van der Waals surface area contributed by atoms with Crippen molar-refractivity contribution in [3.63, 3.8) is 0 Å². The van der Waals surface area contributed by atoms with Crippen molar-refractivity contribution < 1.29 is 9.47 Å². The van der Waals surface area contributed by atoms with E-state index in [1.807, 2.05) is 46.2 Å². The third-order valence-electron chi connectivity index (χ3n) is 2.43. The number of aromatic nitrogens is 2. The minimum atomic E-state index is -0.150. The van der Waals surface area contributed by atoms with Gasteiger partial charge in [0.05, 0.1) is 23.9 Å². The molecule has 1 aromatic rings. The number of ether oxygens (including phenoxy) is 2. The maximum atomic E-state index is 5.96. The Morgan fingerprint density at radius 2 is 1.89 bits per heavy atom. The Balaban J connectivity index is 2.61. The fourth-order valence-corrected chi connectivity index (χ4v) is 1.52. The van der Waals surface area contributed by atoms with Crippen LogP contribution in [0.5, 0.6) is 5.88 Å². The van der Waals surface area contributed by atoms with Crippen LogP contribution < -0.4 is 10.5 Å². The van der Waals surface area contributed by atoms with Gasteiger partial charge in [0.25, 0.3) is 0 Å². The summed E-state index contributed by atoms with van der Waals surface area (Å²) in [5.41, 5.74) is 7.22. The Kier molecular flexibility index (Phi) is 4.62. The summed E-state index contributed by atoms with van der Waals surface area (Å²) in [7, 11) is 0. The van der Waals surface area contributed by atoms with Gasteiger partial charge in [-0.15, -0.1) is 0 Å². The minimum absolute atomic E-state index is 0.150. The number of aryl methyl sites for hydroxylation is 1. The van der Waals surface area contributed by atoms with Crippen molar-refractivity contribution in [1.29, 1.82) is 0 Å². The monoisotopic (exact) mass is 255 g/mol. The lowest BCUT2D eigenvalue weighted by Gasteiger charge is -2.20. The summed E-state index contributed by atoms with van der Waals surface area (Å²) in [6.07, 6.45) is 0. The van der Waals surface area contributed by atoms with Gasteiger partial charge >= 0.3 is 0 Å². The Morgan fingerprint density at radius 3 is 2.39 bits per heavy atom. The average Bonchev–Trinajstić information content (AvgIpc) is 2.50. The van der Waals surface area contributed by atoms with Crippen LogP contribution in [-0.2, 0) is 4.74 Å². The van der Waals surface area contributed by atoms with Crippen LogP contribution in [0.2, 0.25) is 0 Å². The maximum absolute atomic E-state index is 5.96. The number of rotatable bonds is 5. The molecule has 0 bridgehead atoms. The summed E-state index contributed by atoms with van der Waals surface area (Å²) in [5, 5.41) is 4.36. The van der Waals surface area contributed by atoms with Crippen LogP contribution in [0, 0.1) is 6.92 Å². The molecule has 0 radical (unpaired) electrons. The Bertz CT molecular complexity index is 392.